The molecule has 3 aromatic heterocycles. The summed E-state index contributed by atoms with van der Waals surface area (Å²) >= 11 is 5.04. The number of carboxylic acids is 3. The molecule has 0 bridgehead atoms. The second kappa shape index (κ2) is 52.7. The summed E-state index contributed by atoms with van der Waals surface area (Å²) < 4.78 is 0. The summed E-state index contributed by atoms with van der Waals surface area (Å²) in [6, 6.07) is 58.7. The van der Waals surface area contributed by atoms with Gasteiger partial charge in [0.25, 0.3) is 12.9 Å². The number of carbonyl (C=O) groups is 15. The first-order chi connectivity index (χ1) is 57.5. The molecule has 16 N–H and O–H groups in total. The van der Waals surface area contributed by atoms with Gasteiger partial charge in [0, 0.05) is 96.6 Å². The molecule has 0 saturated carbocycles. The molecule has 0 aliphatic carbocycles. The predicted molar refractivity (Wildman–Crippen MR) is 460 cm³/mol. The summed E-state index contributed by atoms with van der Waals surface area (Å²) in [5.74, 6) is -10.8. The molecule has 0 aliphatic rings. The van der Waals surface area contributed by atoms with E-state index in [0.29, 0.717) is 32.1 Å². The molecule has 6 aromatic carbocycles. The topological polar surface area (TPSA) is 497 Å². The Morgan fingerprint density at radius 1 is 0.333 bits per heavy atom. The van der Waals surface area contributed by atoms with Crippen molar-refractivity contribution in [3.05, 3.63) is 215 Å². The van der Waals surface area contributed by atoms with Gasteiger partial charge in [-0.3, -0.25) is 71.9 Å². The number of thiophene rings is 3. The van der Waals surface area contributed by atoms with Crippen LogP contribution < -0.4 is 38.9 Å². The van der Waals surface area contributed by atoms with E-state index >= 15 is 0 Å². The van der Waals surface area contributed by atoms with Crippen LogP contribution in [0.4, 0.5) is 0 Å². The summed E-state index contributed by atoms with van der Waals surface area (Å²) in [4.78, 5) is 175. The number of hydrogen-bond acceptors (Lipinski definition) is 18. The number of aliphatic carboxylic acids is 3. The van der Waals surface area contributed by atoms with Crippen molar-refractivity contribution < 1.29 is 97.5 Å². The van der Waals surface area contributed by atoms with Crippen LogP contribution in [-0.2, 0) is 91.2 Å². The van der Waals surface area contributed by atoms with E-state index in [1.54, 1.807) is 47.9 Å². The SMILES string of the molecule is CC[C@H](NC(=O)CCc1ccc(-c2cc(-c3ccccc3)cs2)cc1)C(=O)C[C@@H](CCC(=O)O)C(N)=O.CC[C@H](NC(=O)CCc1ccc(-c2cc(-c3ccccc3)cs2)cc1)C(=O)C[C@H](CCC(=O)O)C(N)=O.NC(=O)CC[C@H](CC(=O)[C@H](CCC(=O)O)NC(=O)CCc1ccc(-c2cc(-c3ccccc3)cs2)cc1)C(N)=O.O=CO.O=CO. The lowest BCUT2D eigenvalue weighted by Gasteiger charge is -2.20. The van der Waals surface area contributed by atoms with Gasteiger partial charge < -0.3 is 64.4 Å². The van der Waals surface area contributed by atoms with Crippen molar-refractivity contribution in [2.24, 2.45) is 40.7 Å². The summed E-state index contributed by atoms with van der Waals surface area (Å²) in [6.07, 6.45) is 0.994. The molecule has 27 nitrogen and oxygen atoms in total. The van der Waals surface area contributed by atoms with E-state index in [1.165, 1.54) is 32.0 Å². The molecule has 7 amide bonds. The number of carbonyl (C=O) groups excluding carboxylic acids is 10. The third kappa shape index (κ3) is 35.5. The van der Waals surface area contributed by atoms with Crippen molar-refractivity contribution in [1.29, 1.82) is 0 Å². The third-order valence-electron chi connectivity index (χ3n) is 19.1. The van der Waals surface area contributed by atoms with Crippen LogP contribution in [0, 0.1) is 17.8 Å². The Hall–Kier alpha value is -12.9. The number of nitrogens with one attached hydrogen (secondary N) is 3. The van der Waals surface area contributed by atoms with Gasteiger partial charge in [-0.2, -0.15) is 0 Å². The molecule has 0 fully saturated rings. The van der Waals surface area contributed by atoms with Crippen LogP contribution in [0.3, 0.4) is 0 Å². The molecule has 0 spiro atoms. The van der Waals surface area contributed by atoms with E-state index in [1.807, 2.05) is 127 Å². The van der Waals surface area contributed by atoms with E-state index in [4.69, 9.17) is 58.1 Å². The zero-order valence-corrected chi connectivity index (χ0v) is 68.9. The summed E-state index contributed by atoms with van der Waals surface area (Å²) in [5, 5.41) is 55.0. The lowest BCUT2D eigenvalue weighted by molar-refractivity contribution is -0.139. The number of carboxylic acid groups (broad SMARTS) is 5. The second-order valence-electron chi connectivity index (χ2n) is 27.8. The molecule has 0 saturated heterocycles. The second-order valence-corrected chi connectivity index (χ2v) is 30.5. The number of amides is 7. The van der Waals surface area contributed by atoms with Gasteiger partial charge in [-0.15, -0.1) is 34.0 Å². The highest BCUT2D eigenvalue weighted by Gasteiger charge is 2.30. The van der Waals surface area contributed by atoms with Crippen molar-refractivity contribution in [2.45, 2.75) is 154 Å². The maximum Gasteiger partial charge on any atom is 0.303 e. The number of Topliss-reactive ketones (excluding diaryl/α,β-unsaturated/α-hetero) is 3. The Morgan fingerprint density at radius 3 is 0.833 bits per heavy atom. The fourth-order valence-electron chi connectivity index (χ4n) is 12.4. The number of nitrogens with two attached hydrogens (primary N) is 4. The maximum atomic E-state index is 12.9. The minimum Gasteiger partial charge on any atom is -0.483 e. The van der Waals surface area contributed by atoms with Crippen LogP contribution in [0.15, 0.2) is 198 Å². The molecule has 30 heteroatoms. The fraction of sp³-hybridized carbons (Fsp3) is 0.300. The van der Waals surface area contributed by atoms with Crippen LogP contribution in [-0.4, -0.2) is 133 Å². The maximum absolute atomic E-state index is 12.9. The highest BCUT2D eigenvalue weighted by atomic mass is 32.1. The smallest absolute Gasteiger partial charge is 0.303 e. The minimum atomic E-state index is -1.12. The zero-order chi connectivity index (χ0) is 88.1. The lowest BCUT2D eigenvalue weighted by Crippen LogP contribution is -2.43. The molecular weight excluding hydrogens is 1600 g/mol. The predicted octanol–water partition coefficient (Wildman–Crippen LogP) is 12.8. The highest BCUT2D eigenvalue weighted by Crippen LogP contribution is 2.36. The third-order valence-corrected chi connectivity index (χ3v) is 22.0. The summed E-state index contributed by atoms with van der Waals surface area (Å²) in [7, 11) is 0. The Morgan fingerprint density at radius 2 is 0.583 bits per heavy atom. The van der Waals surface area contributed by atoms with Crippen molar-refractivity contribution in [2.75, 3.05) is 0 Å². The Kier molecular flexibility index (Phi) is 42.9. The van der Waals surface area contributed by atoms with E-state index in [2.05, 4.69) is 86.7 Å². The monoisotopic (exact) mass is 1700 g/mol. The molecule has 3 heterocycles. The molecule has 6 atom stereocenters. The van der Waals surface area contributed by atoms with E-state index in [0.717, 1.165) is 49.4 Å². The first-order valence-electron chi connectivity index (χ1n) is 38.6. The first kappa shape index (κ1) is 97.6. The molecule has 9 rings (SSSR count). The lowest BCUT2D eigenvalue weighted by atomic mass is 9.92. The standard InChI is InChI=1S/C30H33N3O6S.2C29H32N2O5S.2CH2O2/c31-27(35)13-11-22(30(32)39)16-25(34)24(12-15-29(37)38)33-28(36)14-8-19-6-9-21(10-7-19)26-17-23(18-40-26)20-4-2-1-3-5-20;2*1-2-24(25(32)16-22(29(30)36)13-15-28(34)35)31-27(33)14-10-19-8-11-21(12-9-19)26-17-23(18-37-26)20-6-4-3-5-7-20;2*2-1-3/h1-7,9-10,17-18,22,24H,8,11-16H2,(H2,31,35)(H2,32,39)(H,33,36)(H,37,38);2*3-9,11-12,17-18,22,24H,2,10,13-16H2,1H3,(H2,30,36)(H,31,33)(H,34,35);2*1H,(H,2,3)/t2*22-,24+;22-,24-;;/m110../s1. The van der Waals surface area contributed by atoms with E-state index < -0.39 is 89.1 Å². The van der Waals surface area contributed by atoms with Gasteiger partial charge in [0.05, 0.1) is 18.1 Å². The number of rotatable bonds is 44. The van der Waals surface area contributed by atoms with Gasteiger partial charge in [0.1, 0.15) is 0 Å². The molecule has 0 unspecified atom stereocenters. The largest absolute Gasteiger partial charge is 0.483 e. The van der Waals surface area contributed by atoms with Crippen LogP contribution in [0.2, 0.25) is 0 Å². The number of benzene rings is 6. The van der Waals surface area contributed by atoms with Crippen molar-refractivity contribution >= 4 is 124 Å². The fourth-order valence-corrected chi connectivity index (χ4v) is 15.2. The van der Waals surface area contributed by atoms with Gasteiger partial charge in [-0.1, -0.05) is 178 Å². The molecular formula is C90H101N7O20S3. The van der Waals surface area contributed by atoms with Crippen molar-refractivity contribution in [3.8, 4) is 64.7 Å². The summed E-state index contributed by atoms with van der Waals surface area (Å²) in [5.41, 5.74) is 34.5. The highest BCUT2D eigenvalue weighted by molar-refractivity contribution is 7.14. The van der Waals surface area contributed by atoms with Crippen LogP contribution >= 0.6 is 34.0 Å². The van der Waals surface area contributed by atoms with Crippen molar-refractivity contribution in [1.82, 2.24) is 16.0 Å². The number of aryl methyl sites for hydroxylation is 3. The molecule has 0 radical (unpaired) electrons. The Bertz CT molecular complexity index is 4640. The quantitative estimate of drug-likeness (QED) is 0.0158. The number of hydrogen-bond donors (Lipinski definition) is 12. The normalized spacial score (nSPS) is 12.0. The van der Waals surface area contributed by atoms with Crippen LogP contribution in [0.1, 0.15) is 133 Å². The first-order valence-corrected chi connectivity index (χ1v) is 41.3. The molecule has 120 heavy (non-hydrogen) atoms. The molecule has 634 valence electrons. The zero-order valence-electron chi connectivity index (χ0n) is 66.5. The van der Waals surface area contributed by atoms with Gasteiger partial charge in [-0.05, 0) is 159 Å². The number of primary amides is 4. The van der Waals surface area contributed by atoms with Gasteiger partial charge >= 0.3 is 17.9 Å². The van der Waals surface area contributed by atoms with Crippen LogP contribution in [0.25, 0.3) is 64.7 Å². The molecule has 0 aliphatic heterocycles. The summed E-state index contributed by atoms with van der Waals surface area (Å²) in [6.45, 7) is 3.04. The number of ketones is 3. The minimum absolute atomic E-state index is 0.00414. The Balaban J connectivity index is 0.000000310. The van der Waals surface area contributed by atoms with E-state index in [-0.39, 0.29) is 126 Å². The van der Waals surface area contributed by atoms with Gasteiger partial charge in [0.2, 0.25) is 41.4 Å². The average Bonchev–Trinajstić information content (AvgIpc) is 1.70. The van der Waals surface area contributed by atoms with E-state index in [9.17, 15) is 62.3 Å². The van der Waals surface area contributed by atoms with Gasteiger partial charge in [-0.25, -0.2) is 0 Å². The Labute approximate surface area is 707 Å². The average molecular weight is 1700 g/mol. The van der Waals surface area contributed by atoms with Crippen LogP contribution in [0.5, 0.6) is 0 Å². The van der Waals surface area contributed by atoms with Crippen molar-refractivity contribution in [3.63, 3.8) is 0 Å². The molecule has 9 aromatic rings. The van der Waals surface area contributed by atoms with Gasteiger partial charge in [0.15, 0.2) is 17.3 Å².